The number of nitrogens with two attached hydrogens (primary N) is 1. The van der Waals surface area contributed by atoms with Crippen LogP contribution in [0.4, 0.5) is 0 Å². The standard InChI is InChI=1S/C11H22N2O3/c1-4-16-9(14)6-5-7-13-11(15)10(12)8(2)3/h8,10H,4-7,12H2,1-3H3,(H,13,15). The van der Waals surface area contributed by atoms with Crippen LogP contribution in [0.2, 0.25) is 0 Å². The fourth-order valence-electron chi connectivity index (χ4n) is 1.10. The van der Waals surface area contributed by atoms with Gasteiger partial charge in [0.15, 0.2) is 0 Å². The van der Waals surface area contributed by atoms with Crippen molar-refractivity contribution < 1.29 is 14.3 Å². The number of hydrogen-bond donors (Lipinski definition) is 2. The lowest BCUT2D eigenvalue weighted by Crippen LogP contribution is -2.44. The Bertz CT molecular complexity index is 229. The zero-order valence-electron chi connectivity index (χ0n) is 10.3. The van der Waals surface area contributed by atoms with Crippen LogP contribution in [0.5, 0.6) is 0 Å². The third-order valence-electron chi connectivity index (χ3n) is 2.18. The molecule has 0 bridgehead atoms. The zero-order chi connectivity index (χ0) is 12.6. The van der Waals surface area contributed by atoms with Crippen molar-refractivity contribution in [1.29, 1.82) is 0 Å². The second kappa shape index (κ2) is 8.10. The summed E-state index contributed by atoms with van der Waals surface area (Å²) in [6, 6.07) is -0.484. The molecule has 1 unspecified atom stereocenters. The summed E-state index contributed by atoms with van der Waals surface area (Å²) < 4.78 is 4.76. The highest BCUT2D eigenvalue weighted by atomic mass is 16.5. The Hall–Kier alpha value is -1.10. The van der Waals surface area contributed by atoms with Crippen molar-refractivity contribution in [2.75, 3.05) is 13.2 Å². The van der Waals surface area contributed by atoms with Crippen molar-refractivity contribution in [3.63, 3.8) is 0 Å². The first-order valence-electron chi connectivity index (χ1n) is 5.68. The van der Waals surface area contributed by atoms with Gasteiger partial charge in [0.25, 0.3) is 0 Å². The van der Waals surface area contributed by atoms with Crippen molar-refractivity contribution in [3.8, 4) is 0 Å². The van der Waals surface area contributed by atoms with Crippen LogP contribution in [-0.2, 0) is 14.3 Å². The molecular formula is C11H22N2O3. The molecule has 0 aromatic heterocycles. The largest absolute Gasteiger partial charge is 0.466 e. The van der Waals surface area contributed by atoms with Crippen LogP contribution in [0.15, 0.2) is 0 Å². The Morgan fingerprint density at radius 2 is 2.00 bits per heavy atom. The van der Waals surface area contributed by atoms with E-state index in [-0.39, 0.29) is 17.8 Å². The Labute approximate surface area is 96.7 Å². The van der Waals surface area contributed by atoms with E-state index in [1.165, 1.54) is 0 Å². The van der Waals surface area contributed by atoms with E-state index in [1.54, 1.807) is 6.92 Å². The molecule has 0 aromatic rings. The summed E-state index contributed by atoms with van der Waals surface area (Å²) >= 11 is 0. The van der Waals surface area contributed by atoms with E-state index in [2.05, 4.69) is 5.32 Å². The number of carbonyl (C=O) groups is 2. The van der Waals surface area contributed by atoms with Gasteiger partial charge in [0.2, 0.25) is 5.91 Å². The van der Waals surface area contributed by atoms with Gasteiger partial charge in [-0.3, -0.25) is 9.59 Å². The van der Waals surface area contributed by atoms with Gasteiger partial charge in [-0.25, -0.2) is 0 Å². The predicted octanol–water partition coefficient (Wildman–Crippen LogP) is 0.429. The quantitative estimate of drug-likeness (QED) is 0.491. The minimum absolute atomic E-state index is 0.116. The van der Waals surface area contributed by atoms with Gasteiger partial charge in [-0.2, -0.15) is 0 Å². The lowest BCUT2D eigenvalue weighted by molar-refractivity contribution is -0.143. The summed E-state index contributed by atoms with van der Waals surface area (Å²) in [6.45, 7) is 6.40. The number of esters is 1. The van der Waals surface area contributed by atoms with E-state index in [0.717, 1.165) is 0 Å². The van der Waals surface area contributed by atoms with Gasteiger partial charge in [0.1, 0.15) is 0 Å². The normalized spacial score (nSPS) is 12.3. The first kappa shape index (κ1) is 14.9. The van der Waals surface area contributed by atoms with Crippen LogP contribution in [-0.4, -0.2) is 31.1 Å². The molecule has 0 saturated carbocycles. The molecule has 94 valence electrons. The van der Waals surface area contributed by atoms with Crippen LogP contribution >= 0.6 is 0 Å². The van der Waals surface area contributed by atoms with Crippen molar-refractivity contribution in [2.45, 2.75) is 39.7 Å². The van der Waals surface area contributed by atoms with Crippen molar-refractivity contribution in [1.82, 2.24) is 5.32 Å². The third kappa shape index (κ3) is 6.40. The molecule has 0 aliphatic carbocycles. The smallest absolute Gasteiger partial charge is 0.305 e. The van der Waals surface area contributed by atoms with E-state index in [4.69, 9.17) is 10.5 Å². The molecule has 5 nitrogen and oxygen atoms in total. The molecule has 0 spiro atoms. The second-order valence-electron chi connectivity index (χ2n) is 3.97. The summed E-state index contributed by atoms with van der Waals surface area (Å²) in [7, 11) is 0. The average molecular weight is 230 g/mol. The van der Waals surface area contributed by atoms with Crippen LogP contribution in [0.25, 0.3) is 0 Å². The molecule has 0 radical (unpaired) electrons. The number of rotatable bonds is 7. The maximum absolute atomic E-state index is 11.4. The van der Waals surface area contributed by atoms with E-state index < -0.39 is 6.04 Å². The van der Waals surface area contributed by atoms with Crippen LogP contribution < -0.4 is 11.1 Å². The summed E-state index contributed by atoms with van der Waals surface area (Å²) in [5, 5.41) is 2.69. The van der Waals surface area contributed by atoms with Crippen LogP contribution in [0.1, 0.15) is 33.6 Å². The molecule has 0 aromatic carbocycles. The van der Waals surface area contributed by atoms with E-state index in [1.807, 2.05) is 13.8 Å². The maximum atomic E-state index is 11.4. The van der Waals surface area contributed by atoms with E-state index >= 15 is 0 Å². The molecule has 0 fully saturated rings. The molecular weight excluding hydrogens is 208 g/mol. The van der Waals surface area contributed by atoms with Crippen molar-refractivity contribution >= 4 is 11.9 Å². The number of carbonyl (C=O) groups excluding carboxylic acids is 2. The van der Waals surface area contributed by atoms with Gasteiger partial charge in [0.05, 0.1) is 12.6 Å². The number of amides is 1. The predicted molar refractivity (Wildman–Crippen MR) is 61.7 cm³/mol. The van der Waals surface area contributed by atoms with Gasteiger partial charge in [0, 0.05) is 13.0 Å². The highest BCUT2D eigenvalue weighted by molar-refractivity contribution is 5.81. The number of ether oxygens (including phenoxy) is 1. The molecule has 0 aliphatic heterocycles. The van der Waals surface area contributed by atoms with Crippen LogP contribution in [0.3, 0.4) is 0 Å². The summed E-state index contributed by atoms with van der Waals surface area (Å²) in [6.07, 6.45) is 0.903. The second-order valence-corrected chi connectivity index (χ2v) is 3.97. The monoisotopic (exact) mass is 230 g/mol. The molecule has 5 heteroatoms. The van der Waals surface area contributed by atoms with Gasteiger partial charge in [-0.15, -0.1) is 0 Å². The minimum atomic E-state index is -0.484. The molecule has 1 amide bonds. The summed E-state index contributed by atoms with van der Waals surface area (Å²) in [5.74, 6) is -0.283. The van der Waals surface area contributed by atoms with E-state index in [0.29, 0.717) is 26.0 Å². The van der Waals surface area contributed by atoms with Gasteiger partial charge in [-0.1, -0.05) is 13.8 Å². The van der Waals surface area contributed by atoms with Gasteiger partial charge < -0.3 is 15.8 Å². The van der Waals surface area contributed by atoms with E-state index in [9.17, 15) is 9.59 Å². The fourth-order valence-corrected chi connectivity index (χ4v) is 1.10. The molecule has 3 N–H and O–H groups in total. The molecule has 0 rings (SSSR count). The van der Waals surface area contributed by atoms with Crippen LogP contribution in [0, 0.1) is 5.92 Å². The first-order valence-corrected chi connectivity index (χ1v) is 5.68. The molecule has 0 saturated heterocycles. The molecule has 0 aliphatic rings. The fraction of sp³-hybridized carbons (Fsp3) is 0.818. The number of nitrogens with one attached hydrogen (secondary N) is 1. The maximum Gasteiger partial charge on any atom is 0.305 e. The average Bonchev–Trinajstić information content (AvgIpc) is 2.23. The highest BCUT2D eigenvalue weighted by Gasteiger charge is 2.16. The minimum Gasteiger partial charge on any atom is -0.466 e. The molecule has 0 heterocycles. The van der Waals surface area contributed by atoms with Gasteiger partial charge >= 0.3 is 5.97 Å². The Morgan fingerprint density at radius 1 is 1.38 bits per heavy atom. The van der Waals surface area contributed by atoms with Crippen molar-refractivity contribution in [2.24, 2.45) is 11.7 Å². The molecule has 16 heavy (non-hydrogen) atoms. The summed E-state index contributed by atoms with van der Waals surface area (Å²) in [4.78, 5) is 22.4. The number of hydrogen-bond acceptors (Lipinski definition) is 4. The SMILES string of the molecule is CCOC(=O)CCCNC(=O)C(N)C(C)C. The Kier molecular flexibility index (Phi) is 7.54. The van der Waals surface area contributed by atoms with Gasteiger partial charge in [-0.05, 0) is 19.3 Å². The topological polar surface area (TPSA) is 81.4 Å². The zero-order valence-corrected chi connectivity index (χ0v) is 10.3. The first-order chi connectivity index (χ1) is 7.49. The molecule has 1 atom stereocenters. The Balaban J connectivity index is 3.59. The lowest BCUT2D eigenvalue weighted by Gasteiger charge is -2.14. The van der Waals surface area contributed by atoms with Crippen molar-refractivity contribution in [3.05, 3.63) is 0 Å². The third-order valence-corrected chi connectivity index (χ3v) is 2.18. The lowest BCUT2D eigenvalue weighted by atomic mass is 10.1. The summed E-state index contributed by atoms with van der Waals surface area (Å²) in [5.41, 5.74) is 5.65. The highest BCUT2D eigenvalue weighted by Crippen LogP contribution is 1.98. The Morgan fingerprint density at radius 3 is 2.50 bits per heavy atom.